The Balaban J connectivity index is 2.00. The molecule has 0 fully saturated rings. The molecule has 0 amide bonds. The van der Waals surface area contributed by atoms with Crippen LogP contribution >= 0.6 is 0 Å². The molecule has 1 N–H and O–H groups in total. The molecule has 0 atom stereocenters. The summed E-state index contributed by atoms with van der Waals surface area (Å²) in [6.45, 7) is 2.97. The average Bonchev–Trinajstić information content (AvgIpc) is 2.91. The Bertz CT molecular complexity index is 677. The Morgan fingerprint density at radius 3 is 2.76 bits per heavy atom. The van der Waals surface area contributed by atoms with Gasteiger partial charge < -0.3 is 19.0 Å². The van der Waals surface area contributed by atoms with Crippen molar-refractivity contribution in [3.63, 3.8) is 0 Å². The SMILES string of the molecule is CCCc1nc(-c2ccc3c(c2)OCCO3)oc1C(=O)O. The standard InChI is InChI=1S/C15H15NO5/c1-2-3-10-13(15(17)18)21-14(16-10)9-4-5-11-12(8-9)20-7-6-19-11/h4-5,8H,2-3,6-7H2,1H3,(H,17,18). The van der Waals surface area contributed by atoms with E-state index >= 15 is 0 Å². The third-order valence-electron chi connectivity index (χ3n) is 3.17. The molecular formula is C15H15NO5. The minimum Gasteiger partial charge on any atom is -0.486 e. The Labute approximate surface area is 121 Å². The van der Waals surface area contributed by atoms with Gasteiger partial charge in [-0.1, -0.05) is 13.3 Å². The fourth-order valence-electron chi connectivity index (χ4n) is 2.22. The number of benzene rings is 1. The van der Waals surface area contributed by atoms with E-state index < -0.39 is 5.97 Å². The topological polar surface area (TPSA) is 81.8 Å². The van der Waals surface area contributed by atoms with Gasteiger partial charge in [0.1, 0.15) is 13.2 Å². The first-order chi connectivity index (χ1) is 10.2. The molecule has 6 heteroatoms. The van der Waals surface area contributed by atoms with Gasteiger partial charge in [-0.25, -0.2) is 9.78 Å². The van der Waals surface area contributed by atoms with E-state index in [-0.39, 0.29) is 11.7 Å². The van der Waals surface area contributed by atoms with Crippen molar-refractivity contribution in [2.75, 3.05) is 13.2 Å². The summed E-state index contributed by atoms with van der Waals surface area (Å²) in [5.41, 5.74) is 1.14. The van der Waals surface area contributed by atoms with E-state index in [0.717, 1.165) is 6.42 Å². The average molecular weight is 289 g/mol. The van der Waals surface area contributed by atoms with E-state index in [1.807, 2.05) is 6.92 Å². The second-order valence-electron chi connectivity index (χ2n) is 4.71. The maximum atomic E-state index is 11.2. The summed E-state index contributed by atoms with van der Waals surface area (Å²) in [5, 5.41) is 9.17. The van der Waals surface area contributed by atoms with Gasteiger partial charge in [-0.15, -0.1) is 0 Å². The van der Waals surface area contributed by atoms with Crippen molar-refractivity contribution in [3.05, 3.63) is 29.7 Å². The molecule has 1 aromatic carbocycles. The maximum Gasteiger partial charge on any atom is 0.373 e. The first-order valence-electron chi connectivity index (χ1n) is 6.82. The smallest absolute Gasteiger partial charge is 0.373 e. The molecule has 2 aromatic rings. The van der Waals surface area contributed by atoms with Crippen molar-refractivity contribution in [1.29, 1.82) is 0 Å². The number of oxazole rings is 1. The Morgan fingerprint density at radius 2 is 2.05 bits per heavy atom. The molecule has 110 valence electrons. The van der Waals surface area contributed by atoms with Gasteiger partial charge in [0.25, 0.3) is 0 Å². The van der Waals surface area contributed by atoms with Crippen LogP contribution in [0.4, 0.5) is 0 Å². The summed E-state index contributed by atoms with van der Waals surface area (Å²) in [4.78, 5) is 15.5. The summed E-state index contributed by atoms with van der Waals surface area (Å²) in [6.07, 6.45) is 1.36. The molecule has 1 aliphatic rings. The molecule has 1 aliphatic heterocycles. The number of rotatable bonds is 4. The summed E-state index contributed by atoms with van der Waals surface area (Å²) in [6, 6.07) is 5.30. The lowest BCUT2D eigenvalue weighted by Gasteiger charge is -2.18. The van der Waals surface area contributed by atoms with E-state index in [4.69, 9.17) is 19.0 Å². The summed E-state index contributed by atoms with van der Waals surface area (Å²) in [7, 11) is 0. The lowest BCUT2D eigenvalue weighted by atomic mass is 10.2. The van der Waals surface area contributed by atoms with Crippen molar-refractivity contribution < 1.29 is 23.8 Å². The number of aromatic carboxylic acids is 1. The van der Waals surface area contributed by atoms with E-state index in [1.54, 1.807) is 18.2 Å². The van der Waals surface area contributed by atoms with Crippen LogP contribution in [-0.4, -0.2) is 29.3 Å². The van der Waals surface area contributed by atoms with Crippen molar-refractivity contribution in [2.24, 2.45) is 0 Å². The zero-order chi connectivity index (χ0) is 14.8. The lowest BCUT2D eigenvalue weighted by Crippen LogP contribution is -2.15. The summed E-state index contributed by atoms with van der Waals surface area (Å²) >= 11 is 0. The van der Waals surface area contributed by atoms with Gasteiger partial charge in [0.2, 0.25) is 11.7 Å². The van der Waals surface area contributed by atoms with Crippen LogP contribution in [0.5, 0.6) is 11.5 Å². The van der Waals surface area contributed by atoms with Gasteiger partial charge in [-0.05, 0) is 24.6 Å². The highest BCUT2D eigenvalue weighted by Crippen LogP contribution is 2.34. The Morgan fingerprint density at radius 1 is 1.29 bits per heavy atom. The zero-order valence-electron chi connectivity index (χ0n) is 11.6. The third-order valence-corrected chi connectivity index (χ3v) is 3.17. The highest BCUT2D eigenvalue weighted by molar-refractivity contribution is 5.86. The van der Waals surface area contributed by atoms with Crippen molar-refractivity contribution >= 4 is 5.97 Å². The van der Waals surface area contributed by atoms with Crippen LogP contribution in [0, 0.1) is 0 Å². The number of hydrogen-bond acceptors (Lipinski definition) is 5. The van der Waals surface area contributed by atoms with Gasteiger partial charge in [0.15, 0.2) is 11.5 Å². The minimum atomic E-state index is -1.10. The number of carboxylic acids is 1. The number of carbonyl (C=O) groups is 1. The predicted octanol–water partition coefficient (Wildman–Crippen LogP) is 2.76. The molecule has 1 aromatic heterocycles. The second-order valence-corrected chi connectivity index (χ2v) is 4.71. The zero-order valence-corrected chi connectivity index (χ0v) is 11.6. The van der Waals surface area contributed by atoms with Gasteiger partial charge in [0, 0.05) is 5.56 Å². The number of aryl methyl sites for hydroxylation is 1. The van der Waals surface area contributed by atoms with Crippen LogP contribution in [0.15, 0.2) is 22.6 Å². The first-order valence-corrected chi connectivity index (χ1v) is 6.82. The van der Waals surface area contributed by atoms with Crippen LogP contribution < -0.4 is 9.47 Å². The molecule has 21 heavy (non-hydrogen) atoms. The normalized spacial score (nSPS) is 13.2. The number of ether oxygens (including phenoxy) is 2. The van der Waals surface area contributed by atoms with E-state index in [0.29, 0.717) is 42.4 Å². The second kappa shape index (κ2) is 5.47. The maximum absolute atomic E-state index is 11.2. The molecule has 0 saturated carbocycles. The molecule has 0 unspecified atom stereocenters. The van der Waals surface area contributed by atoms with E-state index in [2.05, 4.69) is 4.98 Å². The highest BCUT2D eigenvalue weighted by Gasteiger charge is 2.21. The molecular weight excluding hydrogens is 274 g/mol. The van der Waals surface area contributed by atoms with Crippen molar-refractivity contribution in [2.45, 2.75) is 19.8 Å². The van der Waals surface area contributed by atoms with Crippen LogP contribution in [0.25, 0.3) is 11.5 Å². The third kappa shape index (κ3) is 2.56. The molecule has 0 radical (unpaired) electrons. The van der Waals surface area contributed by atoms with E-state index in [9.17, 15) is 4.79 Å². The van der Waals surface area contributed by atoms with Crippen LogP contribution in [0.2, 0.25) is 0 Å². The number of nitrogens with zero attached hydrogens (tertiary/aromatic N) is 1. The molecule has 0 bridgehead atoms. The number of fused-ring (bicyclic) bond motifs is 1. The van der Waals surface area contributed by atoms with Crippen LogP contribution in [0.3, 0.4) is 0 Å². The van der Waals surface area contributed by atoms with Crippen LogP contribution in [0.1, 0.15) is 29.6 Å². The van der Waals surface area contributed by atoms with Gasteiger partial charge in [-0.2, -0.15) is 0 Å². The molecule has 2 heterocycles. The fourth-order valence-corrected chi connectivity index (χ4v) is 2.22. The van der Waals surface area contributed by atoms with Gasteiger partial charge in [-0.3, -0.25) is 0 Å². The van der Waals surface area contributed by atoms with Crippen molar-refractivity contribution in [3.8, 4) is 23.0 Å². The molecule has 0 aliphatic carbocycles. The Hall–Kier alpha value is -2.50. The molecule has 0 saturated heterocycles. The molecule has 3 rings (SSSR count). The molecule has 0 spiro atoms. The highest BCUT2D eigenvalue weighted by atomic mass is 16.6. The molecule has 6 nitrogen and oxygen atoms in total. The minimum absolute atomic E-state index is 0.0956. The van der Waals surface area contributed by atoms with Crippen LogP contribution in [-0.2, 0) is 6.42 Å². The summed E-state index contributed by atoms with van der Waals surface area (Å²) < 4.78 is 16.4. The summed E-state index contributed by atoms with van der Waals surface area (Å²) in [5.74, 6) is 0.374. The predicted molar refractivity (Wildman–Crippen MR) is 73.9 cm³/mol. The van der Waals surface area contributed by atoms with Gasteiger partial charge >= 0.3 is 5.97 Å². The fraction of sp³-hybridized carbons (Fsp3) is 0.333. The largest absolute Gasteiger partial charge is 0.486 e. The van der Waals surface area contributed by atoms with Gasteiger partial charge in [0.05, 0.1) is 5.69 Å². The monoisotopic (exact) mass is 289 g/mol. The van der Waals surface area contributed by atoms with E-state index in [1.165, 1.54) is 0 Å². The Kier molecular flexibility index (Phi) is 3.51. The quantitative estimate of drug-likeness (QED) is 0.932. The number of hydrogen-bond donors (Lipinski definition) is 1. The number of carboxylic acid groups (broad SMARTS) is 1. The number of aromatic nitrogens is 1. The first kappa shape index (κ1) is 13.5. The lowest BCUT2D eigenvalue weighted by molar-refractivity contribution is 0.0661. The van der Waals surface area contributed by atoms with Crippen molar-refractivity contribution in [1.82, 2.24) is 4.98 Å².